The maximum atomic E-state index is 4.69. The van der Waals surface area contributed by atoms with Crippen LogP contribution in [0.25, 0.3) is 0 Å². The van der Waals surface area contributed by atoms with Crippen LogP contribution in [0.4, 0.5) is 0 Å². The second kappa shape index (κ2) is 5.43. The van der Waals surface area contributed by atoms with Gasteiger partial charge in [0.15, 0.2) is 0 Å². The molecule has 0 saturated carbocycles. The summed E-state index contributed by atoms with van der Waals surface area (Å²) in [5, 5.41) is 0. The second-order valence-electron chi connectivity index (χ2n) is 2.84. The minimum absolute atomic E-state index is 0.412. The molecule has 0 unspecified atom stereocenters. The molecule has 1 aliphatic rings. The summed E-state index contributed by atoms with van der Waals surface area (Å²) in [6.45, 7) is 4.64. The summed E-state index contributed by atoms with van der Waals surface area (Å²) in [6, 6.07) is 0.412. The summed E-state index contributed by atoms with van der Waals surface area (Å²) in [5.41, 5.74) is 0. The number of hydrogen-bond donors (Lipinski definition) is 0. The van der Waals surface area contributed by atoms with Crippen LogP contribution in [0.3, 0.4) is 0 Å². The summed E-state index contributed by atoms with van der Waals surface area (Å²) >= 11 is 1.94. The fraction of sp³-hybridized carbons (Fsp3) is 0.875. The molecule has 0 N–H and O–H groups in total. The van der Waals surface area contributed by atoms with Crippen LogP contribution >= 0.6 is 11.8 Å². The number of aliphatic imine (C=N–C) groups is 1. The van der Waals surface area contributed by atoms with E-state index >= 15 is 0 Å². The second-order valence-corrected chi connectivity index (χ2v) is 3.91. The van der Waals surface area contributed by atoms with Gasteiger partial charge in [0, 0.05) is 5.75 Å². The van der Waals surface area contributed by atoms with E-state index in [0.29, 0.717) is 18.6 Å². The molecule has 1 aliphatic heterocycles. The molecule has 0 aromatic heterocycles. The molecule has 0 amide bonds. The standard InChI is InChI=1S/C8H15NO2S/c1-3-10-11-6-9-8-5-12-4-7(8)2/h6-8H,3-5H2,1-2H3/t7-,8-/m1/s1. The van der Waals surface area contributed by atoms with Gasteiger partial charge in [-0.05, 0) is 18.6 Å². The van der Waals surface area contributed by atoms with E-state index in [0.717, 1.165) is 5.75 Å². The third kappa shape index (κ3) is 3.03. The first-order valence-electron chi connectivity index (χ1n) is 4.22. The van der Waals surface area contributed by atoms with E-state index in [1.165, 1.54) is 12.2 Å². The van der Waals surface area contributed by atoms with Crippen LogP contribution in [0.5, 0.6) is 0 Å². The Morgan fingerprint density at radius 3 is 3.00 bits per heavy atom. The lowest BCUT2D eigenvalue weighted by molar-refractivity contribution is -0.212. The average molecular weight is 189 g/mol. The van der Waals surface area contributed by atoms with Gasteiger partial charge in [-0.2, -0.15) is 16.6 Å². The summed E-state index contributed by atoms with van der Waals surface area (Å²) in [5.74, 6) is 2.97. The van der Waals surface area contributed by atoms with Crippen molar-refractivity contribution in [2.24, 2.45) is 10.9 Å². The zero-order valence-electron chi connectivity index (χ0n) is 7.53. The van der Waals surface area contributed by atoms with Gasteiger partial charge in [0.25, 0.3) is 0 Å². The molecule has 0 spiro atoms. The lowest BCUT2D eigenvalue weighted by atomic mass is 10.1. The molecule has 1 rings (SSSR count). The Hall–Kier alpha value is -0.220. The van der Waals surface area contributed by atoms with E-state index in [4.69, 9.17) is 4.89 Å². The maximum Gasteiger partial charge on any atom is 0.215 e. The van der Waals surface area contributed by atoms with Crippen molar-refractivity contribution in [1.82, 2.24) is 0 Å². The van der Waals surface area contributed by atoms with Crippen molar-refractivity contribution in [3.05, 3.63) is 0 Å². The predicted molar refractivity (Wildman–Crippen MR) is 51.5 cm³/mol. The van der Waals surface area contributed by atoms with E-state index in [-0.39, 0.29) is 0 Å². The quantitative estimate of drug-likeness (QED) is 0.222. The van der Waals surface area contributed by atoms with Crippen molar-refractivity contribution in [1.29, 1.82) is 0 Å². The molecule has 0 aromatic rings. The molecule has 12 heavy (non-hydrogen) atoms. The van der Waals surface area contributed by atoms with Crippen LogP contribution in [-0.2, 0) is 9.78 Å². The molecule has 0 aromatic carbocycles. The lowest BCUT2D eigenvalue weighted by Crippen LogP contribution is -2.13. The van der Waals surface area contributed by atoms with E-state index in [1.807, 2.05) is 18.7 Å². The molecule has 0 aliphatic carbocycles. The van der Waals surface area contributed by atoms with Crippen molar-refractivity contribution in [3.63, 3.8) is 0 Å². The lowest BCUT2D eigenvalue weighted by Gasteiger charge is -2.06. The fourth-order valence-corrected chi connectivity index (χ4v) is 2.43. The van der Waals surface area contributed by atoms with Gasteiger partial charge in [0.2, 0.25) is 6.40 Å². The van der Waals surface area contributed by atoms with Crippen molar-refractivity contribution < 1.29 is 9.78 Å². The van der Waals surface area contributed by atoms with Crippen LogP contribution in [0.1, 0.15) is 13.8 Å². The highest BCUT2D eigenvalue weighted by Gasteiger charge is 2.22. The molecule has 70 valence electrons. The summed E-state index contributed by atoms with van der Waals surface area (Å²) in [7, 11) is 0. The smallest absolute Gasteiger partial charge is 0.215 e. The van der Waals surface area contributed by atoms with Gasteiger partial charge in [-0.15, -0.1) is 0 Å². The van der Waals surface area contributed by atoms with Crippen LogP contribution in [-0.4, -0.2) is 30.6 Å². The Morgan fingerprint density at radius 1 is 1.58 bits per heavy atom. The number of nitrogens with zero attached hydrogens (tertiary/aromatic N) is 1. The first kappa shape index (κ1) is 9.86. The minimum atomic E-state index is 0.412. The molecule has 3 nitrogen and oxygen atoms in total. The largest absolute Gasteiger partial charge is 0.325 e. The van der Waals surface area contributed by atoms with Gasteiger partial charge in [0.1, 0.15) is 0 Å². The summed E-state index contributed by atoms with van der Waals surface area (Å²) in [4.78, 5) is 13.6. The Bertz CT molecular complexity index is 152. The van der Waals surface area contributed by atoms with E-state index in [2.05, 4.69) is 16.8 Å². The number of hydrogen-bond acceptors (Lipinski definition) is 4. The van der Waals surface area contributed by atoms with E-state index in [9.17, 15) is 0 Å². The van der Waals surface area contributed by atoms with Gasteiger partial charge >= 0.3 is 0 Å². The highest BCUT2D eigenvalue weighted by atomic mass is 32.2. The van der Waals surface area contributed by atoms with Gasteiger partial charge in [-0.1, -0.05) is 6.92 Å². The van der Waals surface area contributed by atoms with Gasteiger partial charge in [-0.25, -0.2) is 0 Å². The van der Waals surface area contributed by atoms with Crippen LogP contribution in [0, 0.1) is 5.92 Å². The molecular formula is C8H15NO2S. The molecule has 0 radical (unpaired) electrons. The predicted octanol–water partition coefficient (Wildman–Crippen LogP) is 1.73. The average Bonchev–Trinajstić information content (AvgIpc) is 2.46. The summed E-state index contributed by atoms with van der Waals surface area (Å²) < 4.78 is 0. The van der Waals surface area contributed by atoms with E-state index in [1.54, 1.807) is 0 Å². The third-order valence-corrected chi connectivity index (χ3v) is 3.15. The highest BCUT2D eigenvalue weighted by Crippen LogP contribution is 2.25. The first-order valence-corrected chi connectivity index (χ1v) is 5.37. The van der Waals surface area contributed by atoms with Crippen molar-refractivity contribution in [2.45, 2.75) is 19.9 Å². The molecular weight excluding hydrogens is 174 g/mol. The number of thioether (sulfide) groups is 1. The van der Waals surface area contributed by atoms with Gasteiger partial charge < -0.3 is 4.89 Å². The van der Waals surface area contributed by atoms with Crippen LogP contribution in [0.15, 0.2) is 4.99 Å². The molecule has 1 heterocycles. The molecule has 1 saturated heterocycles. The maximum absolute atomic E-state index is 4.69. The zero-order chi connectivity index (χ0) is 8.81. The van der Waals surface area contributed by atoms with Crippen molar-refractivity contribution in [2.75, 3.05) is 18.1 Å². The monoisotopic (exact) mass is 189 g/mol. The third-order valence-electron chi connectivity index (χ3n) is 1.81. The zero-order valence-corrected chi connectivity index (χ0v) is 8.34. The normalized spacial score (nSPS) is 29.8. The molecule has 2 atom stereocenters. The Morgan fingerprint density at radius 2 is 2.42 bits per heavy atom. The minimum Gasteiger partial charge on any atom is -0.325 e. The number of rotatable bonds is 4. The van der Waals surface area contributed by atoms with Crippen LogP contribution in [0.2, 0.25) is 0 Å². The molecule has 4 heteroatoms. The van der Waals surface area contributed by atoms with Gasteiger partial charge in [-0.3, -0.25) is 4.99 Å². The Kier molecular flexibility index (Phi) is 4.46. The SMILES string of the molecule is CCOOC=N[C@@H]1CSC[C@H]1C. The Balaban J connectivity index is 2.16. The van der Waals surface area contributed by atoms with Crippen molar-refractivity contribution >= 4 is 18.2 Å². The Labute approximate surface area is 77.5 Å². The fourth-order valence-electron chi connectivity index (χ4n) is 1.04. The van der Waals surface area contributed by atoms with E-state index < -0.39 is 0 Å². The van der Waals surface area contributed by atoms with Crippen molar-refractivity contribution in [3.8, 4) is 0 Å². The molecule has 0 bridgehead atoms. The summed E-state index contributed by atoms with van der Waals surface area (Å²) in [6.07, 6.45) is 1.41. The van der Waals surface area contributed by atoms with Gasteiger partial charge in [0.05, 0.1) is 12.6 Å². The topological polar surface area (TPSA) is 30.8 Å². The molecule has 1 fully saturated rings. The first-order chi connectivity index (χ1) is 5.84. The highest BCUT2D eigenvalue weighted by molar-refractivity contribution is 7.99. The van der Waals surface area contributed by atoms with Crippen LogP contribution < -0.4 is 0 Å².